The van der Waals surface area contributed by atoms with Crippen LogP contribution in [0.5, 0.6) is 0 Å². The van der Waals surface area contributed by atoms with Crippen molar-refractivity contribution in [3.8, 4) is 22.5 Å². The van der Waals surface area contributed by atoms with Gasteiger partial charge in [-0.2, -0.15) is 9.78 Å². The fraction of sp³-hybridized carbons (Fsp3) is 0. The molecule has 0 atom stereocenters. The van der Waals surface area contributed by atoms with E-state index in [4.69, 9.17) is 0 Å². The van der Waals surface area contributed by atoms with Crippen LogP contribution in [0.15, 0.2) is 66.7 Å². The molecule has 4 nitrogen and oxygen atoms in total. The van der Waals surface area contributed by atoms with Gasteiger partial charge in [-0.1, -0.05) is 60.7 Å². The Morgan fingerprint density at radius 3 is 2.00 bits per heavy atom. The van der Waals surface area contributed by atoms with Gasteiger partial charge < -0.3 is 5.11 Å². The molecule has 0 aliphatic rings. The van der Waals surface area contributed by atoms with Gasteiger partial charge in [-0.05, 0) is 6.07 Å². The Balaban J connectivity index is 2.15. The minimum atomic E-state index is -1.09. The molecule has 0 amide bonds. The highest BCUT2D eigenvalue weighted by Gasteiger charge is 2.15. The molecule has 3 aromatic rings. The average molecular weight is 264 g/mol. The minimum absolute atomic E-state index is 0.567. The summed E-state index contributed by atoms with van der Waals surface area (Å²) in [6.07, 6.45) is -1.09. The van der Waals surface area contributed by atoms with E-state index in [9.17, 15) is 9.90 Å². The molecule has 20 heavy (non-hydrogen) atoms. The molecule has 0 fully saturated rings. The molecule has 0 saturated heterocycles. The van der Waals surface area contributed by atoms with Gasteiger partial charge in [0, 0.05) is 11.1 Å². The van der Waals surface area contributed by atoms with Gasteiger partial charge in [0.2, 0.25) is 0 Å². The van der Waals surface area contributed by atoms with Crippen LogP contribution in [0.1, 0.15) is 0 Å². The summed E-state index contributed by atoms with van der Waals surface area (Å²) >= 11 is 0. The Hall–Kier alpha value is -2.88. The third-order valence-electron chi connectivity index (χ3n) is 3.03. The highest BCUT2D eigenvalue weighted by molar-refractivity contribution is 5.79. The molecule has 0 radical (unpaired) electrons. The van der Waals surface area contributed by atoms with Crippen molar-refractivity contribution in [1.82, 2.24) is 9.78 Å². The first-order valence-electron chi connectivity index (χ1n) is 6.20. The maximum Gasteiger partial charge on any atom is 0.432 e. The van der Waals surface area contributed by atoms with E-state index in [1.807, 2.05) is 60.7 Å². The Bertz CT molecular complexity index is 734. The molecular weight excluding hydrogens is 252 g/mol. The number of hydrogen-bond acceptors (Lipinski definition) is 2. The molecule has 0 aliphatic carbocycles. The Labute approximate surface area is 115 Å². The number of nitrogens with zero attached hydrogens (tertiary/aromatic N) is 2. The number of carboxylic acid groups (broad SMARTS) is 1. The standard InChI is InChI=1S/C16H12N2O2/c19-16(20)18-15(13-9-5-2-6-10-13)11-14(17-18)12-7-3-1-4-8-12/h1-11H,(H,19,20). The van der Waals surface area contributed by atoms with Crippen LogP contribution in [-0.2, 0) is 0 Å². The van der Waals surface area contributed by atoms with Crippen LogP contribution in [-0.4, -0.2) is 21.0 Å². The predicted octanol–water partition coefficient (Wildman–Crippen LogP) is 3.74. The summed E-state index contributed by atoms with van der Waals surface area (Å²) in [4.78, 5) is 11.3. The Morgan fingerprint density at radius 1 is 0.900 bits per heavy atom. The maximum absolute atomic E-state index is 11.3. The van der Waals surface area contributed by atoms with Crippen LogP contribution in [0.25, 0.3) is 22.5 Å². The summed E-state index contributed by atoms with van der Waals surface area (Å²) in [6, 6.07) is 20.7. The fourth-order valence-corrected chi connectivity index (χ4v) is 2.09. The summed E-state index contributed by atoms with van der Waals surface area (Å²) in [5.74, 6) is 0. The molecule has 1 N–H and O–H groups in total. The van der Waals surface area contributed by atoms with Crippen LogP contribution < -0.4 is 0 Å². The molecule has 2 aromatic carbocycles. The van der Waals surface area contributed by atoms with Gasteiger partial charge in [0.05, 0.1) is 11.4 Å². The Kier molecular flexibility index (Phi) is 3.05. The number of aromatic nitrogens is 2. The SMILES string of the molecule is O=C(O)n1nc(-c2ccccc2)cc1-c1ccccc1. The molecule has 4 heteroatoms. The summed E-state index contributed by atoms with van der Waals surface area (Å²) in [5, 5.41) is 13.5. The van der Waals surface area contributed by atoms with Gasteiger partial charge in [-0.3, -0.25) is 0 Å². The van der Waals surface area contributed by atoms with E-state index >= 15 is 0 Å². The Morgan fingerprint density at radius 2 is 1.45 bits per heavy atom. The molecule has 1 heterocycles. The van der Waals surface area contributed by atoms with Crippen molar-refractivity contribution >= 4 is 6.09 Å². The highest BCUT2D eigenvalue weighted by atomic mass is 16.4. The third-order valence-corrected chi connectivity index (χ3v) is 3.03. The second-order valence-corrected chi connectivity index (χ2v) is 4.34. The minimum Gasteiger partial charge on any atom is -0.463 e. The van der Waals surface area contributed by atoms with Crippen LogP contribution in [0.2, 0.25) is 0 Å². The van der Waals surface area contributed by atoms with Crippen LogP contribution in [0, 0.1) is 0 Å². The number of benzene rings is 2. The summed E-state index contributed by atoms with van der Waals surface area (Å²) in [7, 11) is 0. The summed E-state index contributed by atoms with van der Waals surface area (Å²) < 4.78 is 1.01. The molecule has 0 spiro atoms. The second kappa shape index (κ2) is 5.01. The van der Waals surface area contributed by atoms with Gasteiger partial charge in [-0.25, -0.2) is 4.79 Å². The molecule has 1 aromatic heterocycles. The van der Waals surface area contributed by atoms with E-state index in [1.54, 1.807) is 6.07 Å². The van der Waals surface area contributed by atoms with Crippen molar-refractivity contribution in [3.63, 3.8) is 0 Å². The third kappa shape index (κ3) is 2.19. The number of carbonyl (C=O) groups is 1. The van der Waals surface area contributed by atoms with E-state index in [2.05, 4.69) is 5.10 Å². The lowest BCUT2D eigenvalue weighted by Crippen LogP contribution is -2.11. The number of rotatable bonds is 2. The smallest absolute Gasteiger partial charge is 0.432 e. The lowest BCUT2D eigenvalue weighted by Gasteiger charge is -2.00. The first kappa shape index (κ1) is 12.2. The zero-order chi connectivity index (χ0) is 13.9. The van der Waals surface area contributed by atoms with Crippen molar-refractivity contribution in [1.29, 1.82) is 0 Å². The quantitative estimate of drug-likeness (QED) is 0.767. The van der Waals surface area contributed by atoms with E-state index in [0.29, 0.717) is 11.4 Å². The molecule has 3 rings (SSSR count). The molecular formula is C16H12N2O2. The topological polar surface area (TPSA) is 55.1 Å². The second-order valence-electron chi connectivity index (χ2n) is 4.34. The number of hydrogen-bond donors (Lipinski definition) is 1. The average Bonchev–Trinajstić information content (AvgIpc) is 2.94. The van der Waals surface area contributed by atoms with Gasteiger partial charge >= 0.3 is 6.09 Å². The normalized spacial score (nSPS) is 10.4. The van der Waals surface area contributed by atoms with Crippen molar-refractivity contribution in [2.75, 3.05) is 0 Å². The van der Waals surface area contributed by atoms with Crippen molar-refractivity contribution in [2.24, 2.45) is 0 Å². The first-order valence-corrected chi connectivity index (χ1v) is 6.20. The van der Waals surface area contributed by atoms with Crippen molar-refractivity contribution in [3.05, 3.63) is 66.7 Å². The van der Waals surface area contributed by atoms with Gasteiger partial charge in [0.15, 0.2) is 0 Å². The summed E-state index contributed by atoms with van der Waals surface area (Å²) in [5.41, 5.74) is 2.93. The van der Waals surface area contributed by atoms with Gasteiger partial charge in [0.25, 0.3) is 0 Å². The summed E-state index contributed by atoms with van der Waals surface area (Å²) in [6.45, 7) is 0. The zero-order valence-corrected chi connectivity index (χ0v) is 10.6. The fourth-order valence-electron chi connectivity index (χ4n) is 2.09. The van der Waals surface area contributed by atoms with Crippen LogP contribution in [0.3, 0.4) is 0 Å². The predicted molar refractivity (Wildman–Crippen MR) is 76.5 cm³/mol. The first-order chi connectivity index (χ1) is 9.75. The lowest BCUT2D eigenvalue weighted by molar-refractivity contribution is 0.193. The van der Waals surface area contributed by atoms with Crippen molar-refractivity contribution in [2.45, 2.75) is 0 Å². The van der Waals surface area contributed by atoms with E-state index < -0.39 is 6.09 Å². The van der Waals surface area contributed by atoms with Crippen molar-refractivity contribution < 1.29 is 9.90 Å². The maximum atomic E-state index is 11.3. The lowest BCUT2D eigenvalue weighted by atomic mass is 10.1. The molecule has 0 saturated carbocycles. The van der Waals surface area contributed by atoms with E-state index in [-0.39, 0.29) is 0 Å². The van der Waals surface area contributed by atoms with E-state index in [1.165, 1.54) is 0 Å². The zero-order valence-electron chi connectivity index (χ0n) is 10.6. The largest absolute Gasteiger partial charge is 0.463 e. The molecule has 98 valence electrons. The van der Waals surface area contributed by atoms with E-state index in [0.717, 1.165) is 15.8 Å². The molecule has 0 aliphatic heterocycles. The van der Waals surface area contributed by atoms with Crippen LogP contribution >= 0.6 is 0 Å². The highest BCUT2D eigenvalue weighted by Crippen LogP contribution is 2.25. The monoisotopic (exact) mass is 264 g/mol. The van der Waals surface area contributed by atoms with Crippen LogP contribution in [0.4, 0.5) is 4.79 Å². The molecule has 0 bridgehead atoms. The van der Waals surface area contributed by atoms with Gasteiger partial charge in [-0.15, -0.1) is 0 Å². The van der Waals surface area contributed by atoms with Gasteiger partial charge in [0.1, 0.15) is 0 Å². The molecule has 0 unspecified atom stereocenters.